The van der Waals surface area contributed by atoms with Crippen LogP contribution in [-0.2, 0) is 0 Å². The number of carbonyl (C=O) groups is 2. The molecule has 1 fully saturated rings. The Labute approximate surface area is 164 Å². The molecule has 4 nitrogen and oxygen atoms in total. The molecule has 1 aliphatic rings. The molecule has 2 N–H and O–H groups in total. The summed E-state index contributed by atoms with van der Waals surface area (Å²) in [5.74, 6) is 1.37. The molecule has 0 atom stereocenters. The molecule has 1 aliphatic heterocycles. The van der Waals surface area contributed by atoms with Crippen LogP contribution in [0.15, 0.2) is 42.5 Å². The van der Waals surface area contributed by atoms with Gasteiger partial charge in [0, 0.05) is 22.1 Å². The molecule has 0 radical (unpaired) electrons. The van der Waals surface area contributed by atoms with Crippen LogP contribution in [0.5, 0.6) is 0 Å². The van der Waals surface area contributed by atoms with E-state index >= 15 is 0 Å². The van der Waals surface area contributed by atoms with E-state index in [1.54, 1.807) is 18.2 Å². The van der Waals surface area contributed by atoms with Gasteiger partial charge in [0.15, 0.2) is 0 Å². The first-order chi connectivity index (χ1) is 12.0. The van der Waals surface area contributed by atoms with Gasteiger partial charge in [-0.25, -0.2) is 0 Å². The number of hydrogen-bond acceptors (Lipinski definition) is 4. The molecule has 0 bridgehead atoms. The van der Waals surface area contributed by atoms with E-state index in [4.69, 9.17) is 23.2 Å². The van der Waals surface area contributed by atoms with Crippen molar-refractivity contribution in [1.82, 2.24) is 10.9 Å². The molecule has 0 spiro atoms. The molecule has 8 heteroatoms. The molecule has 130 valence electrons. The van der Waals surface area contributed by atoms with Crippen LogP contribution in [0.3, 0.4) is 0 Å². The largest absolute Gasteiger partial charge is 0.271 e. The Morgan fingerprint density at radius 3 is 2.24 bits per heavy atom. The molecule has 0 aliphatic carbocycles. The second kappa shape index (κ2) is 8.36. The molecule has 0 aromatic heterocycles. The van der Waals surface area contributed by atoms with Crippen LogP contribution < -0.4 is 10.9 Å². The van der Waals surface area contributed by atoms with E-state index < -0.39 is 11.8 Å². The Morgan fingerprint density at radius 2 is 1.56 bits per heavy atom. The van der Waals surface area contributed by atoms with Crippen molar-refractivity contribution in [2.45, 2.75) is 4.58 Å². The minimum absolute atomic E-state index is 0.195. The van der Waals surface area contributed by atoms with Gasteiger partial charge in [-0.05, 0) is 35.9 Å². The highest BCUT2D eigenvalue weighted by Gasteiger charge is 2.18. The van der Waals surface area contributed by atoms with Gasteiger partial charge in [-0.2, -0.15) is 0 Å². The van der Waals surface area contributed by atoms with Crippen LogP contribution in [0.4, 0.5) is 0 Å². The molecule has 0 saturated carbocycles. The van der Waals surface area contributed by atoms with E-state index in [9.17, 15) is 9.59 Å². The molecule has 3 rings (SSSR count). The normalized spacial score (nSPS) is 14.3. The van der Waals surface area contributed by atoms with E-state index in [-0.39, 0.29) is 10.6 Å². The van der Waals surface area contributed by atoms with Gasteiger partial charge in [0.25, 0.3) is 11.8 Å². The lowest BCUT2D eigenvalue weighted by Gasteiger charge is -2.11. The summed E-state index contributed by atoms with van der Waals surface area (Å²) in [6.07, 6.45) is 0. The third-order valence-electron chi connectivity index (χ3n) is 3.53. The number of nitrogens with one attached hydrogen (secondary N) is 2. The first-order valence-corrected chi connectivity index (χ1v) is 10.3. The second-order valence-corrected chi connectivity index (χ2v) is 8.80. The summed E-state index contributed by atoms with van der Waals surface area (Å²) < 4.78 is 0.432. The summed E-state index contributed by atoms with van der Waals surface area (Å²) in [7, 11) is 0. The van der Waals surface area contributed by atoms with Gasteiger partial charge < -0.3 is 0 Å². The molecule has 1 heterocycles. The Kier molecular flexibility index (Phi) is 6.17. The van der Waals surface area contributed by atoms with Crippen molar-refractivity contribution in [3.05, 3.63) is 69.2 Å². The molecule has 1 saturated heterocycles. The predicted octanol–water partition coefficient (Wildman–Crippen LogP) is 4.55. The lowest BCUT2D eigenvalue weighted by molar-refractivity contribution is 0.0847. The monoisotopic (exact) mass is 412 g/mol. The first kappa shape index (κ1) is 18.5. The van der Waals surface area contributed by atoms with Gasteiger partial charge in [-0.1, -0.05) is 35.3 Å². The molecule has 2 aromatic rings. The molecule has 2 amide bonds. The minimum atomic E-state index is -0.531. The lowest BCUT2D eigenvalue weighted by Crippen LogP contribution is -2.41. The Hall–Kier alpha value is -1.34. The quantitative estimate of drug-likeness (QED) is 0.726. The summed E-state index contributed by atoms with van der Waals surface area (Å²) in [5.41, 5.74) is 6.58. The number of carbonyl (C=O) groups excluding carboxylic acids is 2. The van der Waals surface area contributed by atoms with Crippen molar-refractivity contribution < 1.29 is 9.59 Å². The van der Waals surface area contributed by atoms with Gasteiger partial charge in [0.05, 0.1) is 15.2 Å². The number of hydrazine groups is 1. The van der Waals surface area contributed by atoms with E-state index in [2.05, 4.69) is 10.9 Å². The second-order valence-electron chi connectivity index (χ2n) is 5.23. The topological polar surface area (TPSA) is 58.2 Å². The Bertz CT molecular complexity index is 794. The summed E-state index contributed by atoms with van der Waals surface area (Å²) in [6, 6.07) is 11.9. The smallest absolute Gasteiger partial charge is 0.267 e. The zero-order valence-corrected chi connectivity index (χ0v) is 16.1. The maximum absolute atomic E-state index is 12.2. The number of hydrogen-bond donors (Lipinski definition) is 2. The number of rotatable bonds is 3. The average Bonchev–Trinajstić information content (AvgIpc) is 3.16. The zero-order valence-electron chi connectivity index (χ0n) is 12.9. The summed E-state index contributed by atoms with van der Waals surface area (Å²) >= 11 is 15.6. The highest BCUT2D eigenvalue weighted by atomic mass is 35.5. The van der Waals surface area contributed by atoms with Crippen molar-refractivity contribution in [2.75, 3.05) is 11.5 Å². The van der Waals surface area contributed by atoms with Gasteiger partial charge in [-0.15, -0.1) is 23.5 Å². The van der Waals surface area contributed by atoms with Crippen LogP contribution in [0.25, 0.3) is 0 Å². The molecule has 25 heavy (non-hydrogen) atoms. The number of benzene rings is 2. The fourth-order valence-electron chi connectivity index (χ4n) is 2.27. The van der Waals surface area contributed by atoms with Gasteiger partial charge >= 0.3 is 0 Å². The lowest BCUT2D eigenvalue weighted by atomic mass is 10.1. The average molecular weight is 413 g/mol. The molecule has 2 aromatic carbocycles. The van der Waals surface area contributed by atoms with E-state index in [0.29, 0.717) is 15.2 Å². The maximum atomic E-state index is 12.2. The van der Waals surface area contributed by atoms with Gasteiger partial charge in [0.2, 0.25) is 0 Å². The third-order valence-corrected chi connectivity index (χ3v) is 7.20. The summed E-state index contributed by atoms with van der Waals surface area (Å²) in [6.45, 7) is 0. The highest BCUT2D eigenvalue weighted by Crippen LogP contribution is 2.45. The molecular formula is C17H14Cl2N2O2S2. The number of amides is 2. The van der Waals surface area contributed by atoms with Crippen molar-refractivity contribution in [3.8, 4) is 0 Å². The van der Waals surface area contributed by atoms with Gasteiger partial charge in [0.1, 0.15) is 0 Å². The Balaban J connectivity index is 1.60. The minimum Gasteiger partial charge on any atom is -0.267 e. The van der Waals surface area contributed by atoms with Crippen molar-refractivity contribution >= 4 is 58.5 Å². The van der Waals surface area contributed by atoms with Crippen molar-refractivity contribution in [2.24, 2.45) is 0 Å². The third kappa shape index (κ3) is 4.64. The van der Waals surface area contributed by atoms with Crippen LogP contribution in [0, 0.1) is 0 Å². The highest BCUT2D eigenvalue weighted by molar-refractivity contribution is 8.19. The predicted molar refractivity (Wildman–Crippen MR) is 105 cm³/mol. The molecule has 0 unspecified atom stereocenters. The van der Waals surface area contributed by atoms with Crippen LogP contribution in [0.1, 0.15) is 30.9 Å². The van der Waals surface area contributed by atoms with Crippen LogP contribution in [0.2, 0.25) is 10.0 Å². The van der Waals surface area contributed by atoms with Crippen LogP contribution in [-0.4, -0.2) is 23.3 Å². The van der Waals surface area contributed by atoms with E-state index in [0.717, 1.165) is 11.5 Å². The van der Waals surface area contributed by atoms with Crippen LogP contribution >= 0.6 is 46.7 Å². The van der Waals surface area contributed by atoms with E-state index in [1.165, 1.54) is 17.7 Å². The summed E-state index contributed by atoms with van der Waals surface area (Å²) in [5, 5.41) is 0.645. The number of halogens is 2. The van der Waals surface area contributed by atoms with E-state index in [1.807, 2.05) is 35.7 Å². The van der Waals surface area contributed by atoms with Gasteiger partial charge in [-0.3, -0.25) is 20.4 Å². The fourth-order valence-corrected chi connectivity index (χ4v) is 5.50. The van der Waals surface area contributed by atoms with Crippen molar-refractivity contribution in [1.29, 1.82) is 0 Å². The first-order valence-electron chi connectivity index (χ1n) is 7.43. The fraction of sp³-hybridized carbons (Fsp3) is 0.176. The zero-order chi connectivity index (χ0) is 17.8. The SMILES string of the molecule is O=C(NNC(=O)c1cc(Cl)ccc1Cl)c1ccc(C2SCCS2)cc1. The summed E-state index contributed by atoms with van der Waals surface area (Å²) in [4.78, 5) is 24.3. The Morgan fingerprint density at radius 1 is 0.920 bits per heavy atom. The number of thioether (sulfide) groups is 2. The maximum Gasteiger partial charge on any atom is 0.271 e. The standard InChI is InChI=1S/C17H14Cl2N2O2S2/c18-12-5-6-14(19)13(9-12)16(23)21-20-15(22)10-1-3-11(4-2-10)17-24-7-8-25-17/h1-6,9,17H,7-8H2,(H,20,22)(H,21,23). The van der Waals surface area contributed by atoms with Crippen molar-refractivity contribution in [3.63, 3.8) is 0 Å². The molecular weight excluding hydrogens is 399 g/mol.